The fourth-order valence-corrected chi connectivity index (χ4v) is 2.08. The lowest BCUT2D eigenvalue weighted by molar-refractivity contribution is -0.384. The van der Waals surface area contributed by atoms with Crippen LogP contribution in [0.1, 0.15) is 0 Å². The highest BCUT2D eigenvalue weighted by Gasteiger charge is 2.30. The molecule has 0 heterocycles. The number of rotatable bonds is 7. The van der Waals surface area contributed by atoms with Crippen LogP contribution in [0.2, 0.25) is 0 Å². The zero-order valence-electron chi connectivity index (χ0n) is 14.3. The van der Waals surface area contributed by atoms with E-state index in [1.54, 1.807) is 18.2 Å². The molecule has 0 saturated heterocycles. The molecule has 2 rings (SSSR count). The van der Waals surface area contributed by atoms with Crippen molar-refractivity contribution >= 4 is 47.0 Å². The predicted molar refractivity (Wildman–Crippen MR) is 110 cm³/mol. The normalized spacial score (nSPS) is 11.3. The maximum Gasteiger partial charge on any atom is 0.573 e. The third-order valence-corrected chi connectivity index (χ3v) is 3.17. The van der Waals surface area contributed by atoms with E-state index in [1.807, 2.05) is 0 Å². The SMILES string of the molecule is I.NC(=NCCNc1ccccc1[N+](=O)[O-])Nc1ccc(OC(F)(F)F)cc1. The Morgan fingerprint density at radius 1 is 1.18 bits per heavy atom. The number of nitrogens with two attached hydrogens (primary N) is 1. The summed E-state index contributed by atoms with van der Waals surface area (Å²) in [5.74, 6) is -0.305. The summed E-state index contributed by atoms with van der Waals surface area (Å²) in [6, 6.07) is 11.2. The standard InChI is InChI=1S/C16H16F3N5O3.HI/c17-16(18,19)27-12-7-5-11(6-8-12)23-15(20)22-10-9-21-13-3-1-2-4-14(13)24(25)26;/h1-8,21H,9-10H2,(H3,20,22,23);1H. The first kappa shape index (κ1) is 23.3. The molecule has 0 aromatic heterocycles. The van der Waals surface area contributed by atoms with E-state index in [1.165, 1.54) is 18.2 Å². The summed E-state index contributed by atoms with van der Waals surface area (Å²) >= 11 is 0. The van der Waals surface area contributed by atoms with E-state index in [0.29, 0.717) is 17.9 Å². The molecule has 0 unspecified atom stereocenters. The minimum Gasteiger partial charge on any atom is -0.406 e. The molecule has 152 valence electrons. The van der Waals surface area contributed by atoms with Gasteiger partial charge in [-0.2, -0.15) is 0 Å². The number of hydrogen-bond acceptors (Lipinski definition) is 5. The number of ether oxygens (including phenoxy) is 1. The van der Waals surface area contributed by atoms with Crippen molar-refractivity contribution < 1.29 is 22.8 Å². The van der Waals surface area contributed by atoms with E-state index in [9.17, 15) is 23.3 Å². The average molecular weight is 511 g/mol. The number of anilines is 2. The lowest BCUT2D eigenvalue weighted by Gasteiger charge is -2.10. The van der Waals surface area contributed by atoms with Crippen LogP contribution in [0.3, 0.4) is 0 Å². The van der Waals surface area contributed by atoms with Crippen molar-refractivity contribution in [3.8, 4) is 5.75 Å². The number of nitro benzene ring substituents is 1. The molecular weight excluding hydrogens is 494 g/mol. The molecule has 12 heteroatoms. The molecule has 8 nitrogen and oxygen atoms in total. The van der Waals surface area contributed by atoms with E-state index in [2.05, 4.69) is 20.4 Å². The molecule has 2 aromatic rings. The molecule has 0 spiro atoms. The number of nitro groups is 1. The molecule has 0 radical (unpaired) electrons. The molecule has 4 N–H and O–H groups in total. The molecule has 0 aliphatic rings. The Labute approximate surface area is 175 Å². The topological polar surface area (TPSA) is 115 Å². The van der Waals surface area contributed by atoms with Crippen LogP contribution in [0.4, 0.5) is 30.2 Å². The van der Waals surface area contributed by atoms with Gasteiger partial charge in [0, 0.05) is 18.3 Å². The highest BCUT2D eigenvalue weighted by molar-refractivity contribution is 14.0. The molecule has 28 heavy (non-hydrogen) atoms. The Morgan fingerprint density at radius 2 is 1.82 bits per heavy atom. The molecule has 0 atom stereocenters. The summed E-state index contributed by atoms with van der Waals surface area (Å²) in [7, 11) is 0. The highest BCUT2D eigenvalue weighted by atomic mass is 127. The second-order valence-electron chi connectivity index (χ2n) is 5.17. The van der Waals surface area contributed by atoms with E-state index < -0.39 is 11.3 Å². The zero-order chi connectivity index (χ0) is 19.9. The van der Waals surface area contributed by atoms with Crippen LogP contribution in [-0.2, 0) is 0 Å². The van der Waals surface area contributed by atoms with Crippen LogP contribution in [0.15, 0.2) is 53.5 Å². The summed E-state index contributed by atoms with van der Waals surface area (Å²) in [5.41, 5.74) is 6.44. The van der Waals surface area contributed by atoms with Crippen molar-refractivity contribution in [3.05, 3.63) is 58.6 Å². The summed E-state index contributed by atoms with van der Waals surface area (Å²) in [6.45, 7) is 0.520. The minimum absolute atomic E-state index is 0. The predicted octanol–water partition coefficient (Wildman–Crippen LogP) is 3.95. The van der Waals surface area contributed by atoms with Gasteiger partial charge in [-0.1, -0.05) is 12.1 Å². The van der Waals surface area contributed by atoms with E-state index in [-0.39, 0.29) is 47.9 Å². The minimum atomic E-state index is -4.75. The van der Waals surface area contributed by atoms with Gasteiger partial charge in [-0.3, -0.25) is 15.1 Å². The first-order valence-corrected chi connectivity index (χ1v) is 7.64. The fraction of sp³-hybridized carbons (Fsp3) is 0.188. The molecule has 0 aliphatic heterocycles. The van der Waals surface area contributed by atoms with Crippen molar-refractivity contribution in [2.45, 2.75) is 6.36 Å². The van der Waals surface area contributed by atoms with E-state index in [4.69, 9.17) is 5.73 Å². The Hall–Kier alpha value is -2.77. The van der Waals surface area contributed by atoms with Gasteiger partial charge in [0.25, 0.3) is 5.69 Å². The Bertz CT molecular complexity index is 816. The number of halogens is 4. The van der Waals surface area contributed by atoms with Crippen molar-refractivity contribution in [1.29, 1.82) is 0 Å². The van der Waals surface area contributed by atoms with E-state index >= 15 is 0 Å². The third kappa shape index (κ3) is 7.85. The summed E-state index contributed by atoms with van der Waals surface area (Å²) in [6.07, 6.45) is -4.75. The van der Waals surface area contributed by atoms with Crippen molar-refractivity contribution in [2.24, 2.45) is 10.7 Å². The lowest BCUT2D eigenvalue weighted by Crippen LogP contribution is -2.24. The number of hydrogen-bond donors (Lipinski definition) is 3. The third-order valence-electron chi connectivity index (χ3n) is 3.17. The average Bonchev–Trinajstić information content (AvgIpc) is 2.59. The van der Waals surface area contributed by atoms with Crippen molar-refractivity contribution in [2.75, 3.05) is 23.7 Å². The highest BCUT2D eigenvalue weighted by Crippen LogP contribution is 2.24. The second-order valence-corrected chi connectivity index (χ2v) is 5.17. The van der Waals surface area contributed by atoms with Gasteiger partial charge in [0.1, 0.15) is 11.4 Å². The number of nitrogens with zero attached hydrogens (tertiary/aromatic N) is 2. The maximum atomic E-state index is 12.1. The first-order chi connectivity index (χ1) is 12.7. The smallest absolute Gasteiger partial charge is 0.406 e. The summed E-state index contributed by atoms with van der Waals surface area (Å²) < 4.78 is 40.1. The number of nitrogens with one attached hydrogen (secondary N) is 2. The molecule has 0 fully saturated rings. The largest absolute Gasteiger partial charge is 0.573 e. The van der Waals surface area contributed by atoms with Gasteiger partial charge >= 0.3 is 6.36 Å². The van der Waals surface area contributed by atoms with Gasteiger partial charge in [0.05, 0.1) is 11.5 Å². The van der Waals surface area contributed by atoms with E-state index in [0.717, 1.165) is 12.1 Å². The summed E-state index contributed by atoms with van der Waals surface area (Å²) in [5, 5.41) is 16.5. The fourth-order valence-electron chi connectivity index (χ4n) is 2.08. The van der Waals surface area contributed by atoms with Crippen LogP contribution in [0, 0.1) is 10.1 Å². The van der Waals surface area contributed by atoms with Gasteiger partial charge in [0.15, 0.2) is 5.96 Å². The number of aliphatic imine (C=N–C) groups is 1. The van der Waals surface area contributed by atoms with Crippen LogP contribution in [0.25, 0.3) is 0 Å². The maximum absolute atomic E-state index is 12.1. The zero-order valence-corrected chi connectivity index (χ0v) is 16.6. The molecule has 0 amide bonds. The molecule has 0 aliphatic carbocycles. The van der Waals surface area contributed by atoms with Crippen LogP contribution in [0.5, 0.6) is 5.75 Å². The first-order valence-electron chi connectivity index (χ1n) is 7.64. The second kappa shape index (κ2) is 10.5. The van der Waals surface area contributed by atoms with Crippen LogP contribution < -0.4 is 21.1 Å². The van der Waals surface area contributed by atoms with Crippen molar-refractivity contribution in [1.82, 2.24) is 0 Å². The van der Waals surface area contributed by atoms with Gasteiger partial charge in [0.2, 0.25) is 0 Å². The number of para-hydroxylation sites is 2. The van der Waals surface area contributed by atoms with Gasteiger partial charge in [-0.05, 0) is 30.3 Å². The number of guanidine groups is 1. The van der Waals surface area contributed by atoms with Gasteiger partial charge < -0.3 is 21.1 Å². The van der Waals surface area contributed by atoms with Gasteiger partial charge in [-0.25, -0.2) is 0 Å². The Balaban J connectivity index is 0.00000392. The van der Waals surface area contributed by atoms with Crippen LogP contribution in [-0.4, -0.2) is 30.3 Å². The Kier molecular flexibility index (Phi) is 8.76. The quantitative estimate of drug-likeness (QED) is 0.130. The summed E-state index contributed by atoms with van der Waals surface area (Å²) in [4.78, 5) is 14.4. The number of alkyl halides is 3. The Morgan fingerprint density at radius 3 is 2.43 bits per heavy atom. The van der Waals surface area contributed by atoms with Gasteiger partial charge in [-0.15, -0.1) is 37.1 Å². The monoisotopic (exact) mass is 511 g/mol. The molecule has 0 saturated carbocycles. The van der Waals surface area contributed by atoms with Crippen LogP contribution >= 0.6 is 24.0 Å². The lowest BCUT2D eigenvalue weighted by atomic mass is 10.2. The molecule has 2 aromatic carbocycles. The van der Waals surface area contributed by atoms with Crippen molar-refractivity contribution in [3.63, 3.8) is 0 Å². The molecule has 0 bridgehead atoms. The molecular formula is C16H17F3IN5O3. The number of benzene rings is 2.